The maximum Gasteiger partial charge on any atom is 0.326 e. The van der Waals surface area contributed by atoms with E-state index in [0.29, 0.717) is 10.9 Å². The van der Waals surface area contributed by atoms with Crippen LogP contribution in [0.15, 0.2) is 23.0 Å². The zero-order valence-electron chi connectivity index (χ0n) is 14.3. The Kier molecular flexibility index (Phi) is 4.59. The van der Waals surface area contributed by atoms with Crippen LogP contribution >= 0.6 is 11.6 Å². The van der Waals surface area contributed by atoms with Gasteiger partial charge in [-0.25, -0.2) is 4.79 Å². The van der Waals surface area contributed by atoms with Gasteiger partial charge in [-0.15, -0.1) is 0 Å². The first kappa shape index (κ1) is 16.7. The topological polar surface area (TPSA) is 58.1 Å². The van der Waals surface area contributed by atoms with Crippen molar-refractivity contribution < 1.29 is 4.79 Å². The van der Waals surface area contributed by atoms with Crippen LogP contribution in [0.4, 0.5) is 0 Å². The van der Waals surface area contributed by atoms with Gasteiger partial charge in [-0.05, 0) is 43.9 Å². The average molecular weight is 362 g/mol. The van der Waals surface area contributed by atoms with E-state index in [-0.39, 0.29) is 17.6 Å². The van der Waals surface area contributed by atoms with E-state index in [1.807, 2.05) is 21.6 Å². The lowest BCUT2D eigenvalue weighted by atomic mass is 9.87. The molecule has 2 fully saturated rings. The fraction of sp³-hybridized carbons (Fsp3) is 0.579. The monoisotopic (exact) mass is 361 g/mol. The number of likely N-dealkylation sites (tertiary alicyclic amines) is 1. The molecule has 1 saturated heterocycles. The number of nitrogens with zero attached hydrogens (tertiary/aromatic N) is 2. The third-order valence-corrected chi connectivity index (χ3v) is 6.01. The summed E-state index contributed by atoms with van der Waals surface area (Å²) < 4.78 is 1.84. The van der Waals surface area contributed by atoms with E-state index in [9.17, 15) is 9.59 Å². The molecule has 2 heterocycles. The number of H-pyrrole nitrogens is 1. The molecule has 1 aromatic carbocycles. The van der Waals surface area contributed by atoms with Crippen molar-refractivity contribution in [1.29, 1.82) is 0 Å². The lowest BCUT2D eigenvalue weighted by Gasteiger charge is -2.35. The fourth-order valence-electron chi connectivity index (χ4n) is 4.42. The van der Waals surface area contributed by atoms with Gasteiger partial charge >= 0.3 is 5.69 Å². The summed E-state index contributed by atoms with van der Waals surface area (Å²) in [5.41, 5.74) is 1.58. The van der Waals surface area contributed by atoms with Crippen molar-refractivity contribution in [3.8, 4) is 0 Å². The maximum atomic E-state index is 12.7. The SMILES string of the molecule is O=C(C1CCCCC1)N1CCC(n2c(=O)[nH]c3cc(Cl)ccc32)CC1. The zero-order chi connectivity index (χ0) is 17.4. The molecule has 1 saturated carbocycles. The van der Waals surface area contributed by atoms with Crippen LogP contribution in [0.3, 0.4) is 0 Å². The van der Waals surface area contributed by atoms with Gasteiger partial charge in [0.1, 0.15) is 0 Å². The lowest BCUT2D eigenvalue weighted by Crippen LogP contribution is -2.43. The number of hydrogen-bond acceptors (Lipinski definition) is 2. The molecule has 1 aliphatic carbocycles. The smallest absolute Gasteiger partial charge is 0.326 e. The molecule has 4 rings (SSSR count). The van der Waals surface area contributed by atoms with Gasteiger partial charge < -0.3 is 9.88 Å². The molecule has 2 aromatic rings. The minimum Gasteiger partial charge on any atom is -0.342 e. The fourth-order valence-corrected chi connectivity index (χ4v) is 4.59. The zero-order valence-corrected chi connectivity index (χ0v) is 15.1. The molecule has 0 unspecified atom stereocenters. The first-order valence-electron chi connectivity index (χ1n) is 9.32. The van der Waals surface area contributed by atoms with E-state index in [2.05, 4.69) is 4.98 Å². The van der Waals surface area contributed by atoms with Gasteiger partial charge in [0.25, 0.3) is 0 Å². The number of imidazole rings is 1. The number of rotatable bonds is 2. The Morgan fingerprint density at radius 1 is 1.08 bits per heavy atom. The van der Waals surface area contributed by atoms with Crippen molar-refractivity contribution in [3.63, 3.8) is 0 Å². The number of aromatic nitrogens is 2. The van der Waals surface area contributed by atoms with Gasteiger partial charge in [0.15, 0.2) is 0 Å². The van der Waals surface area contributed by atoms with E-state index in [4.69, 9.17) is 11.6 Å². The first-order valence-corrected chi connectivity index (χ1v) is 9.70. The number of halogens is 1. The van der Waals surface area contributed by atoms with E-state index in [0.717, 1.165) is 49.8 Å². The summed E-state index contributed by atoms with van der Waals surface area (Å²) in [4.78, 5) is 30.0. The number of carbonyl (C=O) groups excluding carboxylic acids is 1. The summed E-state index contributed by atoms with van der Waals surface area (Å²) in [5, 5.41) is 0.619. The molecule has 0 bridgehead atoms. The minimum atomic E-state index is -0.0886. The van der Waals surface area contributed by atoms with Crippen LogP contribution in [0.2, 0.25) is 5.02 Å². The maximum absolute atomic E-state index is 12.7. The van der Waals surface area contributed by atoms with E-state index in [1.54, 1.807) is 6.07 Å². The Labute approximate surface area is 152 Å². The summed E-state index contributed by atoms with van der Waals surface area (Å²) in [6, 6.07) is 5.64. The third-order valence-electron chi connectivity index (χ3n) is 5.77. The molecular weight excluding hydrogens is 338 g/mol. The highest BCUT2D eigenvalue weighted by Gasteiger charge is 2.30. The largest absolute Gasteiger partial charge is 0.342 e. The Bertz CT molecular complexity index is 827. The van der Waals surface area contributed by atoms with Crippen LogP contribution < -0.4 is 5.69 Å². The van der Waals surface area contributed by atoms with E-state index in [1.165, 1.54) is 19.3 Å². The second-order valence-corrected chi connectivity index (χ2v) is 7.79. The van der Waals surface area contributed by atoms with Crippen LogP contribution in [0, 0.1) is 5.92 Å². The molecular formula is C19H24ClN3O2. The van der Waals surface area contributed by atoms with Gasteiger partial charge in [0.2, 0.25) is 5.91 Å². The van der Waals surface area contributed by atoms with Gasteiger partial charge in [-0.2, -0.15) is 0 Å². The quantitative estimate of drug-likeness (QED) is 0.886. The van der Waals surface area contributed by atoms with Crippen molar-refractivity contribution in [2.45, 2.75) is 51.0 Å². The van der Waals surface area contributed by atoms with Crippen LogP contribution in [-0.2, 0) is 4.79 Å². The van der Waals surface area contributed by atoms with E-state index < -0.39 is 0 Å². The number of benzene rings is 1. The Balaban J connectivity index is 1.48. The number of fused-ring (bicyclic) bond motifs is 1. The summed E-state index contributed by atoms with van der Waals surface area (Å²) in [6.07, 6.45) is 7.37. The average Bonchev–Trinajstić information content (AvgIpc) is 2.97. The number of piperidine rings is 1. The number of nitrogens with one attached hydrogen (secondary N) is 1. The summed E-state index contributed by atoms with van der Waals surface area (Å²) in [5.74, 6) is 0.555. The number of hydrogen-bond donors (Lipinski definition) is 1. The molecule has 0 radical (unpaired) electrons. The van der Waals surface area contributed by atoms with Gasteiger partial charge in [-0.1, -0.05) is 30.9 Å². The highest BCUT2D eigenvalue weighted by Crippen LogP contribution is 2.30. The van der Waals surface area contributed by atoms with Crippen LogP contribution in [0.25, 0.3) is 11.0 Å². The highest BCUT2D eigenvalue weighted by molar-refractivity contribution is 6.31. The molecule has 6 heteroatoms. The Hall–Kier alpha value is -1.75. The molecule has 1 amide bonds. The summed E-state index contributed by atoms with van der Waals surface area (Å²) >= 11 is 6.02. The van der Waals surface area contributed by atoms with Gasteiger partial charge in [0, 0.05) is 30.1 Å². The highest BCUT2D eigenvalue weighted by atomic mass is 35.5. The predicted octanol–water partition coefficient (Wildman–Crippen LogP) is 3.73. The molecule has 134 valence electrons. The van der Waals surface area contributed by atoms with Crippen LogP contribution in [0.5, 0.6) is 0 Å². The standard InChI is InChI=1S/C19H24ClN3O2/c20-14-6-7-17-16(12-14)21-19(25)23(17)15-8-10-22(11-9-15)18(24)13-4-2-1-3-5-13/h6-7,12-13,15H,1-5,8-11H2,(H,21,25). The number of aromatic amines is 1. The molecule has 1 aliphatic heterocycles. The minimum absolute atomic E-state index is 0.0886. The van der Waals surface area contributed by atoms with Crippen LogP contribution in [0.1, 0.15) is 51.0 Å². The summed E-state index contributed by atoms with van der Waals surface area (Å²) in [7, 11) is 0. The van der Waals surface area contributed by atoms with Crippen molar-refractivity contribution >= 4 is 28.5 Å². The van der Waals surface area contributed by atoms with Gasteiger partial charge in [0.05, 0.1) is 11.0 Å². The molecule has 25 heavy (non-hydrogen) atoms. The molecule has 1 N–H and O–H groups in total. The molecule has 2 aliphatic rings. The second kappa shape index (κ2) is 6.87. The Morgan fingerprint density at radius 2 is 1.80 bits per heavy atom. The van der Waals surface area contributed by atoms with Crippen LogP contribution in [-0.4, -0.2) is 33.4 Å². The first-order chi connectivity index (χ1) is 12.1. The van der Waals surface area contributed by atoms with Crippen molar-refractivity contribution in [2.24, 2.45) is 5.92 Å². The number of carbonyl (C=O) groups is 1. The van der Waals surface area contributed by atoms with Crippen molar-refractivity contribution in [3.05, 3.63) is 33.7 Å². The third kappa shape index (κ3) is 3.22. The Morgan fingerprint density at radius 3 is 2.52 bits per heavy atom. The second-order valence-electron chi connectivity index (χ2n) is 7.35. The predicted molar refractivity (Wildman–Crippen MR) is 99.0 cm³/mol. The molecule has 0 spiro atoms. The number of amides is 1. The summed E-state index contributed by atoms with van der Waals surface area (Å²) in [6.45, 7) is 1.49. The van der Waals surface area contributed by atoms with E-state index >= 15 is 0 Å². The molecule has 1 aromatic heterocycles. The van der Waals surface area contributed by atoms with Gasteiger partial charge in [-0.3, -0.25) is 9.36 Å². The van der Waals surface area contributed by atoms with Crippen molar-refractivity contribution in [1.82, 2.24) is 14.5 Å². The lowest BCUT2D eigenvalue weighted by molar-refractivity contribution is -0.137. The normalized spacial score (nSPS) is 20.3. The van der Waals surface area contributed by atoms with Crippen molar-refractivity contribution in [2.75, 3.05) is 13.1 Å². The molecule has 0 atom stereocenters. The molecule has 5 nitrogen and oxygen atoms in total.